The number of anilines is 2. The molecule has 2 aromatic carbocycles. The molecule has 19 heavy (non-hydrogen) atoms. The second-order valence-corrected chi connectivity index (χ2v) is 3.71. The van der Waals surface area contributed by atoms with Gasteiger partial charge in [-0.05, 0) is 18.2 Å². The lowest BCUT2D eigenvalue weighted by Crippen LogP contribution is -1.98. The van der Waals surface area contributed by atoms with Crippen LogP contribution in [0.25, 0.3) is 0 Å². The molecule has 0 amide bonds. The van der Waals surface area contributed by atoms with Gasteiger partial charge in [0.15, 0.2) is 0 Å². The molecule has 7 nitrogen and oxygen atoms in total. The zero-order chi connectivity index (χ0) is 13.8. The van der Waals surface area contributed by atoms with Crippen molar-refractivity contribution < 1.29 is 9.85 Å². The highest BCUT2D eigenvalue weighted by molar-refractivity contribution is 5.71. The maximum absolute atomic E-state index is 10.9. The number of nitro benzene ring substituents is 2. The summed E-state index contributed by atoms with van der Waals surface area (Å²) in [4.78, 5) is 20.2. The molecular formula is C12H9N3O4. The number of para-hydroxylation sites is 1. The SMILES string of the molecule is O=[N+]([O-])c1ccc(Nc2ccccc2)c([N+](=O)[O-])c1. The van der Waals surface area contributed by atoms with Gasteiger partial charge in [0.05, 0.1) is 15.9 Å². The molecule has 0 fully saturated rings. The Labute approximate surface area is 107 Å². The van der Waals surface area contributed by atoms with Crippen molar-refractivity contribution in [1.82, 2.24) is 0 Å². The molecule has 0 atom stereocenters. The van der Waals surface area contributed by atoms with Gasteiger partial charge < -0.3 is 5.32 Å². The quantitative estimate of drug-likeness (QED) is 0.671. The molecule has 0 heterocycles. The van der Waals surface area contributed by atoms with Crippen LogP contribution < -0.4 is 5.32 Å². The minimum absolute atomic E-state index is 0.210. The topological polar surface area (TPSA) is 98.3 Å². The van der Waals surface area contributed by atoms with E-state index in [1.807, 2.05) is 6.07 Å². The van der Waals surface area contributed by atoms with Crippen molar-refractivity contribution >= 4 is 22.7 Å². The Bertz CT molecular complexity index is 628. The number of non-ortho nitro benzene ring substituents is 1. The van der Waals surface area contributed by atoms with Crippen LogP contribution in [-0.2, 0) is 0 Å². The third-order valence-electron chi connectivity index (χ3n) is 2.44. The van der Waals surface area contributed by atoms with Crippen LogP contribution in [0.15, 0.2) is 48.5 Å². The molecule has 0 saturated heterocycles. The minimum atomic E-state index is -0.667. The third-order valence-corrected chi connectivity index (χ3v) is 2.44. The smallest absolute Gasteiger partial charge is 0.299 e. The van der Waals surface area contributed by atoms with E-state index in [2.05, 4.69) is 5.32 Å². The number of hydrogen-bond acceptors (Lipinski definition) is 5. The largest absolute Gasteiger partial charge is 0.350 e. The van der Waals surface area contributed by atoms with Crippen LogP contribution in [0.3, 0.4) is 0 Å². The highest BCUT2D eigenvalue weighted by atomic mass is 16.6. The summed E-state index contributed by atoms with van der Waals surface area (Å²) < 4.78 is 0. The number of nitro groups is 2. The fraction of sp³-hybridized carbons (Fsp3) is 0. The van der Waals surface area contributed by atoms with Gasteiger partial charge in [0.1, 0.15) is 5.69 Å². The fourth-order valence-corrected chi connectivity index (χ4v) is 1.57. The van der Waals surface area contributed by atoms with Crippen LogP contribution in [0.1, 0.15) is 0 Å². The van der Waals surface area contributed by atoms with E-state index in [1.54, 1.807) is 24.3 Å². The van der Waals surface area contributed by atoms with Crippen molar-refractivity contribution in [3.8, 4) is 0 Å². The van der Waals surface area contributed by atoms with E-state index >= 15 is 0 Å². The van der Waals surface area contributed by atoms with Gasteiger partial charge in [-0.25, -0.2) is 0 Å². The summed E-state index contributed by atoms with van der Waals surface area (Å²) in [6, 6.07) is 12.3. The van der Waals surface area contributed by atoms with Gasteiger partial charge in [-0.3, -0.25) is 20.2 Å². The van der Waals surface area contributed by atoms with E-state index in [0.717, 1.165) is 6.07 Å². The Morgan fingerprint density at radius 2 is 1.58 bits per heavy atom. The second-order valence-electron chi connectivity index (χ2n) is 3.71. The average Bonchev–Trinajstić information content (AvgIpc) is 2.39. The van der Waals surface area contributed by atoms with Crippen LogP contribution in [0.5, 0.6) is 0 Å². The predicted molar refractivity (Wildman–Crippen MR) is 69.5 cm³/mol. The number of nitrogens with one attached hydrogen (secondary N) is 1. The van der Waals surface area contributed by atoms with E-state index in [1.165, 1.54) is 12.1 Å². The van der Waals surface area contributed by atoms with Crippen LogP contribution in [-0.4, -0.2) is 9.85 Å². The van der Waals surface area contributed by atoms with Gasteiger partial charge in [-0.15, -0.1) is 0 Å². The standard InChI is InChI=1S/C12H9N3O4/c16-14(17)10-6-7-11(12(8-10)15(18)19)13-9-4-2-1-3-5-9/h1-8,13H. The first-order valence-electron chi connectivity index (χ1n) is 5.33. The number of hydrogen-bond donors (Lipinski definition) is 1. The van der Waals surface area contributed by atoms with Crippen LogP contribution in [0.2, 0.25) is 0 Å². The van der Waals surface area contributed by atoms with E-state index in [-0.39, 0.29) is 17.1 Å². The highest BCUT2D eigenvalue weighted by Gasteiger charge is 2.19. The lowest BCUT2D eigenvalue weighted by Gasteiger charge is -2.06. The van der Waals surface area contributed by atoms with Gasteiger partial charge in [0.25, 0.3) is 11.4 Å². The van der Waals surface area contributed by atoms with Gasteiger partial charge in [-0.2, -0.15) is 0 Å². The Kier molecular flexibility index (Phi) is 3.37. The van der Waals surface area contributed by atoms with Gasteiger partial charge >= 0.3 is 0 Å². The number of benzene rings is 2. The lowest BCUT2D eigenvalue weighted by molar-refractivity contribution is -0.393. The molecule has 7 heteroatoms. The summed E-state index contributed by atoms with van der Waals surface area (Å²) in [5, 5.41) is 24.4. The molecular weight excluding hydrogens is 250 g/mol. The van der Waals surface area contributed by atoms with Gasteiger partial charge in [0, 0.05) is 11.8 Å². The average molecular weight is 259 g/mol. The minimum Gasteiger partial charge on any atom is -0.350 e. The zero-order valence-electron chi connectivity index (χ0n) is 9.65. The van der Waals surface area contributed by atoms with Crippen molar-refractivity contribution in [3.63, 3.8) is 0 Å². The summed E-state index contributed by atoms with van der Waals surface area (Å²) in [5.74, 6) is 0. The monoisotopic (exact) mass is 259 g/mol. The Morgan fingerprint density at radius 3 is 2.16 bits per heavy atom. The van der Waals surface area contributed by atoms with Crippen molar-refractivity contribution in [1.29, 1.82) is 0 Å². The molecule has 0 aliphatic heterocycles. The van der Waals surface area contributed by atoms with E-state index in [9.17, 15) is 20.2 Å². The molecule has 0 unspecified atom stereocenters. The Balaban J connectivity index is 2.40. The Hall–Kier alpha value is -2.96. The van der Waals surface area contributed by atoms with Crippen molar-refractivity contribution in [2.75, 3.05) is 5.32 Å². The maximum Gasteiger partial charge on any atom is 0.299 e. The summed E-state index contributed by atoms with van der Waals surface area (Å²) >= 11 is 0. The zero-order valence-corrected chi connectivity index (χ0v) is 9.65. The van der Waals surface area contributed by atoms with Crippen molar-refractivity contribution in [3.05, 3.63) is 68.8 Å². The lowest BCUT2D eigenvalue weighted by atomic mass is 10.2. The van der Waals surface area contributed by atoms with Crippen LogP contribution in [0.4, 0.5) is 22.7 Å². The molecule has 0 radical (unpaired) electrons. The normalized spacial score (nSPS) is 9.89. The molecule has 2 aromatic rings. The molecule has 2 rings (SSSR count). The predicted octanol–water partition coefficient (Wildman–Crippen LogP) is 3.25. The fourth-order valence-electron chi connectivity index (χ4n) is 1.57. The summed E-state index contributed by atoms with van der Waals surface area (Å²) in [6.07, 6.45) is 0. The van der Waals surface area contributed by atoms with Crippen LogP contribution >= 0.6 is 0 Å². The number of rotatable bonds is 4. The molecule has 96 valence electrons. The van der Waals surface area contributed by atoms with Crippen molar-refractivity contribution in [2.45, 2.75) is 0 Å². The maximum atomic E-state index is 10.9. The van der Waals surface area contributed by atoms with E-state index < -0.39 is 9.85 Å². The molecule has 0 aromatic heterocycles. The van der Waals surface area contributed by atoms with E-state index in [0.29, 0.717) is 5.69 Å². The van der Waals surface area contributed by atoms with Gasteiger partial charge in [0.2, 0.25) is 0 Å². The summed E-state index contributed by atoms with van der Waals surface area (Å²) in [5.41, 5.74) is 0.226. The third kappa shape index (κ3) is 2.83. The number of nitrogens with zero attached hydrogens (tertiary/aromatic N) is 2. The van der Waals surface area contributed by atoms with Crippen LogP contribution in [0, 0.1) is 20.2 Å². The molecule has 0 aliphatic rings. The molecule has 1 N–H and O–H groups in total. The molecule has 0 spiro atoms. The molecule has 0 aliphatic carbocycles. The first-order valence-corrected chi connectivity index (χ1v) is 5.33. The van der Waals surface area contributed by atoms with E-state index in [4.69, 9.17) is 0 Å². The molecule has 0 saturated carbocycles. The summed E-state index contributed by atoms with van der Waals surface area (Å²) in [6.45, 7) is 0. The van der Waals surface area contributed by atoms with Gasteiger partial charge in [-0.1, -0.05) is 18.2 Å². The Morgan fingerprint density at radius 1 is 0.895 bits per heavy atom. The second kappa shape index (κ2) is 5.13. The first kappa shape index (κ1) is 12.5. The van der Waals surface area contributed by atoms with Crippen molar-refractivity contribution in [2.24, 2.45) is 0 Å². The molecule has 0 bridgehead atoms. The first-order chi connectivity index (χ1) is 9.08. The highest BCUT2D eigenvalue weighted by Crippen LogP contribution is 2.31. The summed E-state index contributed by atoms with van der Waals surface area (Å²) in [7, 11) is 0.